The van der Waals surface area contributed by atoms with Gasteiger partial charge >= 0.3 is 6.09 Å². The van der Waals surface area contributed by atoms with Crippen LogP contribution in [0.3, 0.4) is 0 Å². The summed E-state index contributed by atoms with van der Waals surface area (Å²) >= 11 is 0. The summed E-state index contributed by atoms with van der Waals surface area (Å²) in [4.78, 5) is 38.7. The van der Waals surface area contributed by atoms with E-state index in [1.807, 2.05) is 24.3 Å². The fourth-order valence-electron chi connectivity index (χ4n) is 3.81. The van der Waals surface area contributed by atoms with Crippen LogP contribution in [0.5, 0.6) is 0 Å². The van der Waals surface area contributed by atoms with Gasteiger partial charge in [0, 0.05) is 30.0 Å². The number of benzene rings is 2. The van der Waals surface area contributed by atoms with Crippen molar-refractivity contribution >= 4 is 29.3 Å². The summed E-state index contributed by atoms with van der Waals surface area (Å²) in [7, 11) is 0. The minimum absolute atomic E-state index is 0.138. The third kappa shape index (κ3) is 7.32. The predicted octanol–water partition coefficient (Wildman–Crippen LogP) is 3.98. The molecule has 0 spiro atoms. The Kier molecular flexibility index (Phi) is 7.71. The number of nitrogens with zero attached hydrogens (tertiary/aromatic N) is 1. The van der Waals surface area contributed by atoms with Crippen molar-refractivity contribution in [3.63, 3.8) is 0 Å². The fraction of sp³-hybridized carbons (Fsp3) is 0.400. The van der Waals surface area contributed by atoms with Gasteiger partial charge in [0.05, 0.1) is 5.92 Å². The Balaban J connectivity index is 1.67. The molecule has 1 atom stereocenters. The van der Waals surface area contributed by atoms with Gasteiger partial charge in [-0.25, -0.2) is 4.79 Å². The Bertz CT molecular complexity index is 1020. The molecule has 0 saturated carbocycles. The summed E-state index contributed by atoms with van der Waals surface area (Å²) in [5.41, 5.74) is 7.42. The Morgan fingerprint density at radius 3 is 2.58 bits per heavy atom. The molecule has 0 aromatic heterocycles. The lowest BCUT2D eigenvalue weighted by molar-refractivity contribution is -0.123. The molecule has 2 aromatic carbocycles. The van der Waals surface area contributed by atoms with Crippen LogP contribution in [0.4, 0.5) is 16.2 Å². The molecule has 8 nitrogen and oxygen atoms in total. The van der Waals surface area contributed by atoms with E-state index in [2.05, 4.69) is 15.5 Å². The van der Waals surface area contributed by atoms with Crippen LogP contribution in [0.1, 0.15) is 49.5 Å². The van der Waals surface area contributed by atoms with Gasteiger partial charge in [0.15, 0.2) is 0 Å². The van der Waals surface area contributed by atoms with Crippen LogP contribution in [0.2, 0.25) is 0 Å². The molecular formula is C25H32N4O4. The summed E-state index contributed by atoms with van der Waals surface area (Å²) in [6.07, 6.45) is 1.15. The van der Waals surface area contributed by atoms with E-state index in [0.717, 1.165) is 24.9 Å². The first kappa shape index (κ1) is 24.3. The van der Waals surface area contributed by atoms with Crippen molar-refractivity contribution in [2.75, 3.05) is 23.7 Å². The highest BCUT2D eigenvalue weighted by Gasteiger charge is 2.24. The Labute approximate surface area is 194 Å². The standard InChI is InChI=1S/C25H32N4O4/c1-25(2,3)33-24(32)27-20-11-6-9-17(14-20)23(31)28-21-12-5-4-8-18(21)15-29-13-7-10-19(16-29)22(26)30/h4-6,8-9,11-12,14,19H,7,10,13,15-16H2,1-3H3,(H2,26,30)(H,27,32)(H,28,31). The summed E-state index contributed by atoms with van der Waals surface area (Å²) in [6, 6.07) is 14.3. The lowest BCUT2D eigenvalue weighted by Crippen LogP contribution is -2.40. The van der Waals surface area contributed by atoms with Gasteiger partial charge in [-0.3, -0.25) is 19.8 Å². The number of anilines is 2. The summed E-state index contributed by atoms with van der Waals surface area (Å²) in [5.74, 6) is -0.689. The van der Waals surface area contributed by atoms with Crippen LogP contribution in [-0.4, -0.2) is 41.5 Å². The highest BCUT2D eigenvalue weighted by Crippen LogP contribution is 2.23. The number of para-hydroxylation sites is 1. The predicted molar refractivity (Wildman–Crippen MR) is 128 cm³/mol. The van der Waals surface area contributed by atoms with E-state index in [9.17, 15) is 14.4 Å². The second-order valence-corrected chi connectivity index (χ2v) is 9.30. The zero-order chi connectivity index (χ0) is 24.0. The fourth-order valence-corrected chi connectivity index (χ4v) is 3.81. The topological polar surface area (TPSA) is 114 Å². The lowest BCUT2D eigenvalue weighted by Gasteiger charge is -2.31. The van der Waals surface area contributed by atoms with Gasteiger partial charge in [0.1, 0.15) is 5.60 Å². The number of piperidine rings is 1. The SMILES string of the molecule is CC(C)(C)OC(=O)Nc1cccc(C(=O)Nc2ccccc2CN2CCCC(C(N)=O)C2)c1. The average molecular weight is 453 g/mol. The molecule has 4 N–H and O–H groups in total. The molecule has 0 bridgehead atoms. The minimum atomic E-state index is -0.616. The molecule has 8 heteroatoms. The van der Waals surface area contributed by atoms with Crippen LogP contribution in [0.15, 0.2) is 48.5 Å². The highest BCUT2D eigenvalue weighted by atomic mass is 16.6. The number of primary amides is 1. The van der Waals surface area contributed by atoms with Crippen molar-refractivity contribution in [2.45, 2.75) is 45.8 Å². The molecule has 33 heavy (non-hydrogen) atoms. The molecule has 1 saturated heterocycles. The van der Waals surface area contributed by atoms with Crippen molar-refractivity contribution < 1.29 is 19.1 Å². The van der Waals surface area contributed by atoms with E-state index in [4.69, 9.17) is 10.5 Å². The van der Waals surface area contributed by atoms with Crippen molar-refractivity contribution in [3.8, 4) is 0 Å². The van der Waals surface area contributed by atoms with E-state index in [1.54, 1.807) is 45.0 Å². The Morgan fingerprint density at radius 1 is 1.09 bits per heavy atom. The van der Waals surface area contributed by atoms with E-state index >= 15 is 0 Å². The number of rotatable bonds is 6. The number of nitrogens with two attached hydrogens (primary N) is 1. The summed E-state index contributed by atoms with van der Waals surface area (Å²) in [6.45, 7) is 7.46. The number of ether oxygens (including phenoxy) is 1. The van der Waals surface area contributed by atoms with Gasteiger partial charge in [-0.15, -0.1) is 0 Å². The van der Waals surface area contributed by atoms with Gasteiger partial charge in [-0.2, -0.15) is 0 Å². The van der Waals surface area contributed by atoms with Gasteiger partial charge in [0.25, 0.3) is 5.91 Å². The Hall–Kier alpha value is -3.39. The normalized spacial score (nSPS) is 16.6. The minimum Gasteiger partial charge on any atom is -0.444 e. The van der Waals surface area contributed by atoms with Crippen molar-refractivity contribution in [1.29, 1.82) is 0 Å². The van der Waals surface area contributed by atoms with E-state index in [-0.39, 0.29) is 17.7 Å². The smallest absolute Gasteiger partial charge is 0.412 e. The maximum absolute atomic E-state index is 12.9. The number of carbonyl (C=O) groups excluding carboxylic acids is 3. The third-order valence-electron chi connectivity index (χ3n) is 5.34. The molecule has 0 aliphatic carbocycles. The Morgan fingerprint density at radius 2 is 1.85 bits per heavy atom. The molecule has 2 aromatic rings. The molecule has 0 radical (unpaired) electrons. The molecule has 1 unspecified atom stereocenters. The maximum atomic E-state index is 12.9. The zero-order valence-corrected chi connectivity index (χ0v) is 19.4. The molecule has 1 aliphatic heterocycles. The van der Waals surface area contributed by atoms with Crippen LogP contribution < -0.4 is 16.4 Å². The first-order chi connectivity index (χ1) is 15.6. The summed E-state index contributed by atoms with van der Waals surface area (Å²) < 4.78 is 5.26. The van der Waals surface area contributed by atoms with Crippen molar-refractivity contribution in [1.82, 2.24) is 4.90 Å². The molecular weight excluding hydrogens is 420 g/mol. The van der Waals surface area contributed by atoms with E-state index in [1.165, 1.54) is 0 Å². The largest absolute Gasteiger partial charge is 0.444 e. The molecule has 1 fully saturated rings. The van der Waals surface area contributed by atoms with Crippen LogP contribution in [0.25, 0.3) is 0 Å². The van der Waals surface area contributed by atoms with E-state index < -0.39 is 11.7 Å². The number of likely N-dealkylation sites (tertiary alicyclic amines) is 1. The number of hydrogen-bond donors (Lipinski definition) is 3. The molecule has 3 rings (SSSR count). The summed E-state index contributed by atoms with van der Waals surface area (Å²) in [5, 5.41) is 5.62. The van der Waals surface area contributed by atoms with Crippen molar-refractivity contribution in [3.05, 3.63) is 59.7 Å². The first-order valence-corrected chi connectivity index (χ1v) is 11.1. The second-order valence-electron chi connectivity index (χ2n) is 9.30. The maximum Gasteiger partial charge on any atom is 0.412 e. The molecule has 176 valence electrons. The number of carbonyl (C=O) groups is 3. The second kappa shape index (κ2) is 10.5. The van der Waals surface area contributed by atoms with Gasteiger partial charge in [-0.05, 0) is 70.0 Å². The quantitative estimate of drug-likeness (QED) is 0.613. The highest BCUT2D eigenvalue weighted by molar-refractivity contribution is 6.05. The van der Waals surface area contributed by atoms with Crippen LogP contribution >= 0.6 is 0 Å². The third-order valence-corrected chi connectivity index (χ3v) is 5.34. The van der Waals surface area contributed by atoms with E-state index in [0.29, 0.717) is 30.0 Å². The zero-order valence-electron chi connectivity index (χ0n) is 19.4. The molecule has 1 aliphatic rings. The lowest BCUT2D eigenvalue weighted by atomic mass is 9.97. The van der Waals surface area contributed by atoms with Crippen molar-refractivity contribution in [2.24, 2.45) is 11.7 Å². The number of hydrogen-bond acceptors (Lipinski definition) is 5. The molecule has 3 amide bonds. The first-order valence-electron chi connectivity index (χ1n) is 11.1. The van der Waals surface area contributed by atoms with Gasteiger partial charge in [-0.1, -0.05) is 24.3 Å². The molecule has 1 heterocycles. The monoisotopic (exact) mass is 452 g/mol. The van der Waals surface area contributed by atoms with Gasteiger partial charge < -0.3 is 15.8 Å². The van der Waals surface area contributed by atoms with Crippen LogP contribution in [0, 0.1) is 5.92 Å². The average Bonchev–Trinajstić information content (AvgIpc) is 2.74. The van der Waals surface area contributed by atoms with Gasteiger partial charge in [0.2, 0.25) is 5.91 Å². The number of nitrogens with one attached hydrogen (secondary N) is 2. The van der Waals surface area contributed by atoms with Crippen LogP contribution in [-0.2, 0) is 16.1 Å². The number of amides is 3.